The Morgan fingerprint density at radius 1 is 1.30 bits per heavy atom. The zero-order chi connectivity index (χ0) is 18.6. The number of aliphatic hydroxyl groups excluding tert-OH is 1. The summed E-state index contributed by atoms with van der Waals surface area (Å²) in [6.45, 7) is 9.64. The Morgan fingerprint density at radius 3 is 2.85 bits per heavy atom. The van der Waals surface area contributed by atoms with Crippen LogP contribution in [0.3, 0.4) is 0 Å². The molecule has 3 rings (SSSR count). The summed E-state index contributed by atoms with van der Waals surface area (Å²) in [5.41, 5.74) is -0.0973. The lowest BCUT2D eigenvalue weighted by Crippen LogP contribution is -2.43. The van der Waals surface area contributed by atoms with E-state index in [0.29, 0.717) is 12.5 Å². The molecule has 1 fully saturated rings. The summed E-state index contributed by atoms with van der Waals surface area (Å²) in [4.78, 5) is 4.80. The van der Waals surface area contributed by atoms with Crippen LogP contribution in [0.1, 0.15) is 57.6 Å². The van der Waals surface area contributed by atoms with Crippen LogP contribution in [-0.2, 0) is 13.0 Å². The van der Waals surface area contributed by atoms with Crippen LogP contribution in [0.4, 0.5) is 0 Å². The number of aliphatic hydroxyl groups is 1. The van der Waals surface area contributed by atoms with E-state index < -0.39 is 0 Å². The van der Waals surface area contributed by atoms with Gasteiger partial charge in [-0.25, -0.2) is 0 Å². The van der Waals surface area contributed by atoms with E-state index in [1.165, 1.54) is 6.42 Å². The highest BCUT2D eigenvalue weighted by Gasteiger charge is 2.35. The molecular formula is C19H35IN6O. The first-order chi connectivity index (χ1) is 12.5. The SMILES string of the molecule is CCNC(=NCC1(C)CCCCC1O)NCC1CCc2nnc(C)n2C1.I. The van der Waals surface area contributed by atoms with Crippen molar-refractivity contribution in [3.63, 3.8) is 0 Å². The lowest BCUT2D eigenvalue weighted by atomic mass is 9.73. The van der Waals surface area contributed by atoms with Gasteiger partial charge in [-0.05, 0) is 39.0 Å². The minimum atomic E-state index is -0.239. The Bertz CT molecular complexity index is 634. The largest absolute Gasteiger partial charge is 0.392 e. The molecule has 1 aromatic rings. The van der Waals surface area contributed by atoms with Gasteiger partial charge in [0.15, 0.2) is 5.96 Å². The van der Waals surface area contributed by atoms with Crippen molar-refractivity contribution < 1.29 is 5.11 Å². The van der Waals surface area contributed by atoms with Crippen molar-refractivity contribution in [1.82, 2.24) is 25.4 Å². The van der Waals surface area contributed by atoms with Gasteiger partial charge in [-0.1, -0.05) is 19.8 Å². The van der Waals surface area contributed by atoms with Crippen LogP contribution in [0.2, 0.25) is 0 Å². The molecule has 3 N–H and O–H groups in total. The van der Waals surface area contributed by atoms with E-state index in [2.05, 4.69) is 39.2 Å². The molecule has 0 aromatic carbocycles. The lowest BCUT2D eigenvalue weighted by molar-refractivity contribution is 0.00716. The number of hydrogen-bond acceptors (Lipinski definition) is 4. The summed E-state index contributed by atoms with van der Waals surface area (Å²) in [6.07, 6.45) is 6.15. The minimum absolute atomic E-state index is 0. The van der Waals surface area contributed by atoms with Crippen molar-refractivity contribution in [3.8, 4) is 0 Å². The predicted octanol–water partition coefficient (Wildman–Crippen LogP) is 2.26. The fourth-order valence-corrected chi connectivity index (χ4v) is 4.11. The van der Waals surface area contributed by atoms with Crippen molar-refractivity contribution in [3.05, 3.63) is 11.6 Å². The standard InChI is InChI=1S/C19H34N6O.HI/c1-4-20-18(22-13-19(3)10-6-5-7-16(19)26)21-11-15-8-9-17-24-23-14(2)25(17)12-15;/h15-16,26H,4-13H2,1-3H3,(H2,20,21,22);1H. The highest BCUT2D eigenvalue weighted by Crippen LogP contribution is 2.36. The maximum Gasteiger partial charge on any atom is 0.191 e. The number of nitrogens with one attached hydrogen (secondary N) is 2. The molecule has 1 aliphatic carbocycles. The average Bonchev–Trinajstić information content (AvgIpc) is 3.01. The second-order valence-electron chi connectivity index (χ2n) is 8.17. The minimum Gasteiger partial charge on any atom is -0.392 e. The molecule has 7 nitrogen and oxygen atoms in total. The highest BCUT2D eigenvalue weighted by molar-refractivity contribution is 14.0. The van der Waals surface area contributed by atoms with E-state index in [0.717, 1.165) is 69.3 Å². The summed E-state index contributed by atoms with van der Waals surface area (Å²) < 4.78 is 2.24. The molecule has 3 atom stereocenters. The molecule has 2 aliphatic rings. The highest BCUT2D eigenvalue weighted by atomic mass is 127. The topological polar surface area (TPSA) is 87.4 Å². The molecular weight excluding hydrogens is 455 g/mol. The Labute approximate surface area is 179 Å². The Hall–Kier alpha value is -0.900. The molecule has 3 unspecified atom stereocenters. The van der Waals surface area contributed by atoms with Gasteiger partial charge in [-0.2, -0.15) is 0 Å². The number of guanidine groups is 1. The van der Waals surface area contributed by atoms with Crippen LogP contribution in [-0.4, -0.2) is 51.6 Å². The molecule has 1 aromatic heterocycles. The predicted molar refractivity (Wildman–Crippen MR) is 119 cm³/mol. The fraction of sp³-hybridized carbons (Fsp3) is 0.842. The van der Waals surface area contributed by atoms with Gasteiger partial charge in [-0.3, -0.25) is 4.99 Å². The van der Waals surface area contributed by atoms with Crippen LogP contribution in [0, 0.1) is 18.3 Å². The average molecular weight is 490 g/mol. The van der Waals surface area contributed by atoms with Gasteiger partial charge in [0.05, 0.1) is 12.6 Å². The molecule has 1 aliphatic heterocycles. The van der Waals surface area contributed by atoms with E-state index in [4.69, 9.17) is 4.99 Å². The smallest absolute Gasteiger partial charge is 0.191 e. The molecule has 0 bridgehead atoms. The first kappa shape index (κ1) is 22.4. The first-order valence-electron chi connectivity index (χ1n) is 10.1. The van der Waals surface area contributed by atoms with Crippen molar-refractivity contribution in [1.29, 1.82) is 0 Å². The van der Waals surface area contributed by atoms with Crippen LogP contribution >= 0.6 is 24.0 Å². The Balaban J connectivity index is 0.00000261. The number of nitrogens with zero attached hydrogens (tertiary/aromatic N) is 4. The van der Waals surface area contributed by atoms with Gasteiger partial charge in [0, 0.05) is 31.5 Å². The van der Waals surface area contributed by atoms with Crippen LogP contribution in [0.25, 0.3) is 0 Å². The van der Waals surface area contributed by atoms with E-state index in [-0.39, 0.29) is 35.5 Å². The quantitative estimate of drug-likeness (QED) is 0.335. The Morgan fingerprint density at radius 2 is 2.11 bits per heavy atom. The number of hydrogen-bond donors (Lipinski definition) is 3. The van der Waals surface area contributed by atoms with E-state index in [9.17, 15) is 5.11 Å². The second-order valence-corrected chi connectivity index (χ2v) is 8.17. The number of aryl methyl sites for hydroxylation is 2. The van der Waals surface area contributed by atoms with Gasteiger partial charge in [0.25, 0.3) is 0 Å². The summed E-state index contributed by atoms with van der Waals surface area (Å²) in [5, 5.41) is 25.7. The normalized spacial score (nSPS) is 28.2. The van der Waals surface area contributed by atoms with Gasteiger partial charge in [0.2, 0.25) is 0 Å². The number of halogens is 1. The zero-order valence-corrected chi connectivity index (χ0v) is 19.2. The van der Waals surface area contributed by atoms with Gasteiger partial charge in [-0.15, -0.1) is 34.2 Å². The molecule has 0 amide bonds. The number of rotatable bonds is 5. The van der Waals surface area contributed by atoms with E-state index in [1.54, 1.807) is 0 Å². The molecule has 1 saturated carbocycles. The third-order valence-corrected chi connectivity index (χ3v) is 6.01. The lowest BCUT2D eigenvalue weighted by Gasteiger charge is -2.37. The summed E-state index contributed by atoms with van der Waals surface area (Å²) in [6, 6.07) is 0. The van der Waals surface area contributed by atoms with Gasteiger partial charge >= 0.3 is 0 Å². The summed E-state index contributed by atoms with van der Waals surface area (Å²) in [5.74, 6) is 3.53. The van der Waals surface area contributed by atoms with Crippen LogP contribution in [0.15, 0.2) is 4.99 Å². The van der Waals surface area contributed by atoms with Crippen molar-refractivity contribution in [2.45, 2.75) is 71.9 Å². The maximum atomic E-state index is 10.4. The molecule has 27 heavy (non-hydrogen) atoms. The third kappa shape index (κ3) is 5.56. The monoisotopic (exact) mass is 490 g/mol. The van der Waals surface area contributed by atoms with E-state index in [1.807, 2.05) is 6.92 Å². The number of fused-ring (bicyclic) bond motifs is 1. The molecule has 2 heterocycles. The molecule has 0 spiro atoms. The molecule has 8 heteroatoms. The summed E-state index contributed by atoms with van der Waals surface area (Å²) >= 11 is 0. The Kier molecular flexibility index (Phi) is 8.33. The van der Waals surface area contributed by atoms with Crippen molar-refractivity contribution in [2.75, 3.05) is 19.6 Å². The van der Waals surface area contributed by atoms with Crippen molar-refractivity contribution >= 4 is 29.9 Å². The maximum absolute atomic E-state index is 10.4. The first-order valence-corrected chi connectivity index (χ1v) is 10.1. The van der Waals surface area contributed by atoms with E-state index >= 15 is 0 Å². The fourth-order valence-electron chi connectivity index (χ4n) is 4.11. The van der Waals surface area contributed by atoms with Crippen LogP contribution in [0.5, 0.6) is 0 Å². The summed E-state index contributed by atoms with van der Waals surface area (Å²) in [7, 11) is 0. The van der Waals surface area contributed by atoms with Crippen molar-refractivity contribution in [2.24, 2.45) is 16.3 Å². The second kappa shape index (κ2) is 10.0. The molecule has 0 saturated heterocycles. The van der Waals surface area contributed by atoms with Crippen LogP contribution < -0.4 is 10.6 Å². The number of aromatic nitrogens is 3. The molecule has 0 radical (unpaired) electrons. The zero-order valence-electron chi connectivity index (χ0n) is 16.9. The number of aliphatic imine (C=N–C) groups is 1. The van der Waals surface area contributed by atoms with Gasteiger partial charge in [0.1, 0.15) is 11.6 Å². The third-order valence-electron chi connectivity index (χ3n) is 6.01. The van der Waals surface area contributed by atoms with Gasteiger partial charge < -0.3 is 20.3 Å². The molecule has 154 valence electrons.